The molecule has 0 atom stereocenters. The Morgan fingerprint density at radius 3 is 2.71 bits per heavy atom. The molecule has 3 nitrogen and oxygen atoms in total. The third kappa shape index (κ3) is 2.11. The van der Waals surface area contributed by atoms with Gasteiger partial charge in [-0.15, -0.1) is 11.3 Å². The Hall–Kier alpha value is -0.920. The zero-order chi connectivity index (χ0) is 10.8. The van der Waals surface area contributed by atoms with Gasteiger partial charge in [-0.25, -0.2) is 4.98 Å². The summed E-state index contributed by atoms with van der Waals surface area (Å²) >= 11 is 1.60. The van der Waals surface area contributed by atoms with Crippen molar-refractivity contribution in [1.29, 1.82) is 5.26 Å². The van der Waals surface area contributed by atoms with E-state index >= 15 is 0 Å². The number of nitriles is 1. The van der Waals surface area contributed by atoms with Crippen molar-refractivity contribution in [3.05, 3.63) is 15.6 Å². The Balaban J connectivity index is 3.03. The highest BCUT2D eigenvalue weighted by Crippen LogP contribution is 2.29. The number of hydrogen-bond donors (Lipinski definition) is 1. The minimum Gasteiger partial charge on any atom is -0.330 e. The van der Waals surface area contributed by atoms with E-state index in [1.165, 1.54) is 4.88 Å². The predicted molar refractivity (Wildman–Crippen MR) is 58.2 cm³/mol. The fraction of sp³-hybridized carbons (Fsp3) is 0.600. The number of nitrogens with zero attached hydrogens (tertiary/aromatic N) is 2. The second-order valence-electron chi connectivity index (χ2n) is 3.80. The highest BCUT2D eigenvalue weighted by Gasteiger charge is 2.24. The van der Waals surface area contributed by atoms with Gasteiger partial charge >= 0.3 is 0 Å². The van der Waals surface area contributed by atoms with E-state index in [9.17, 15) is 0 Å². The monoisotopic (exact) mass is 209 g/mol. The molecule has 2 N–H and O–H groups in total. The first-order chi connectivity index (χ1) is 6.51. The molecule has 0 saturated carbocycles. The first kappa shape index (κ1) is 11.2. The first-order valence-corrected chi connectivity index (χ1v) is 5.41. The molecule has 0 radical (unpaired) electrons. The van der Waals surface area contributed by atoms with E-state index in [-0.39, 0.29) is 0 Å². The van der Waals surface area contributed by atoms with E-state index in [2.05, 4.69) is 11.1 Å². The Bertz CT molecular complexity index is 360. The van der Waals surface area contributed by atoms with Crippen LogP contribution < -0.4 is 5.73 Å². The zero-order valence-electron chi connectivity index (χ0n) is 8.79. The fourth-order valence-corrected chi connectivity index (χ4v) is 2.24. The van der Waals surface area contributed by atoms with Gasteiger partial charge in [0, 0.05) is 4.88 Å². The van der Waals surface area contributed by atoms with Gasteiger partial charge in [-0.1, -0.05) is 0 Å². The molecule has 0 bridgehead atoms. The molecule has 1 aromatic heterocycles. The summed E-state index contributed by atoms with van der Waals surface area (Å²) in [6.07, 6.45) is 0.852. The molecule has 0 spiro atoms. The number of thiazole rings is 1. The summed E-state index contributed by atoms with van der Waals surface area (Å²) in [7, 11) is 0. The topological polar surface area (TPSA) is 62.7 Å². The van der Waals surface area contributed by atoms with Crippen LogP contribution in [-0.2, 0) is 11.8 Å². The van der Waals surface area contributed by atoms with Gasteiger partial charge in [0.15, 0.2) is 0 Å². The maximum atomic E-state index is 8.97. The number of aromatic nitrogens is 1. The van der Waals surface area contributed by atoms with Crippen molar-refractivity contribution in [2.45, 2.75) is 32.6 Å². The van der Waals surface area contributed by atoms with Crippen molar-refractivity contribution in [3.63, 3.8) is 0 Å². The molecule has 4 heteroatoms. The molecule has 1 rings (SSSR count). The van der Waals surface area contributed by atoms with Crippen LogP contribution in [0.3, 0.4) is 0 Å². The molecule has 0 aliphatic rings. The normalized spacial score (nSPS) is 11.4. The third-order valence-electron chi connectivity index (χ3n) is 2.08. The number of hydrogen-bond acceptors (Lipinski definition) is 4. The molecule has 0 aromatic carbocycles. The lowest BCUT2D eigenvalue weighted by Gasteiger charge is -2.09. The van der Waals surface area contributed by atoms with Gasteiger partial charge < -0.3 is 5.73 Å². The van der Waals surface area contributed by atoms with E-state index in [0.29, 0.717) is 6.54 Å². The molecule has 0 aliphatic heterocycles. The second-order valence-corrected chi connectivity index (χ2v) is 4.89. The van der Waals surface area contributed by atoms with Crippen LogP contribution in [0.1, 0.15) is 29.4 Å². The van der Waals surface area contributed by atoms with Gasteiger partial charge in [-0.2, -0.15) is 5.26 Å². The van der Waals surface area contributed by atoms with Gasteiger partial charge in [0.25, 0.3) is 0 Å². The van der Waals surface area contributed by atoms with Crippen LogP contribution in [0.4, 0.5) is 0 Å². The van der Waals surface area contributed by atoms with Crippen LogP contribution in [0.2, 0.25) is 0 Å². The third-order valence-corrected chi connectivity index (χ3v) is 3.62. The van der Waals surface area contributed by atoms with E-state index in [4.69, 9.17) is 11.0 Å². The van der Waals surface area contributed by atoms with E-state index in [1.807, 2.05) is 20.8 Å². The van der Waals surface area contributed by atoms with Crippen molar-refractivity contribution in [1.82, 2.24) is 4.98 Å². The van der Waals surface area contributed by atoms with Gasteiger partial charge in [-0.3, -0.25) is 0 Å². The molecule has 0 aliphatic carbocycles. The van der Waals surface area contributed by atoms with Crippen LogP contribution in [0, 0.1) is 18.3 Å². The maximum absolute atomic E-state index is 8.97. The highest BCUT2D eigenvalue weighted by molar-refractivity contribution is 7.12. The summed E-state index contributed by atoms with van der Waals surface area (Å²) in [5.74, 6) is 0. The van der Waals surface area contributed by atoms with E-state index in [1.54, 1.807) is 11.3 Å². The Morgan fingerprint density at radius 2 is 2.21 bits per heavy atom. The molecule has 0 saturated heterocycles. The lowest BCUT2D eigenvalue weighted by Crippen LogP contribution is -2.13. The smallest absolute Gasteiger partial charge is 0.113 e. The largest absolute Gasteiger partial charge is 0.330 e. The van der Waals surface area contributed by atoms with Crippen LogP contribution in [0.25, 0.3) is 0 Å². The fourth-order valence-electron chi connectivity index (χ4n) is 1.11. The van der Waals surface area contributed by atoms with Crippen LogP contribution in [0.5, 0.6) is 0 Å². The zero-order valence-corrected chi connectivity index (χ0v) is 9.61. The standard InChI is InChI=1S/C10H15N3S/c1-7-8(4-5-11)14-9(13-7)10(2,3)6-12/h4-5,11H2,1-3H3. The Labute approximate surface area is 88.6 Å². The molecular formula is C10H15N3S. The van der Waals surface area contributed by atoms with Gasteiger partial charge in [0.1, 0.15) is 10.4 Å². The number of aryl methyl sites for hydroxylation is 1. The van der Waals surface area contributed by atoms with Crippen LogP contribution >= 0.6 is 11.3 Å². The summed E-state index contributed by atoms with van der Waals surface area (Å²) in [5, 5.41) is 9.86. The average molecular weight is 209 g/mol. The van der Waals surface area contributed by atoms with Crippen molar-refractivity contribution in [2.75, 3.05) is 6.54 Å². The summed E-state index contributed by atoms with van der Waals surface area (Å²) < 4.78 is 0. The minimum absolute atomic E-state index is 0.484. The lowest BCUT2D eigenvalue weighted by atomic mass is 9.97. The average Bonchev–Trinajstić information content (AvgIpc) is 2.49. The number of rotatable bonds is 3. The number of nitrogens with two attached hydrogens (primary N) is 1. The summed E-state index contributed by atoms with van der Waals surface area (Å²) in [4.78, 5) is 5.61. The van der Waals surface area contributed by atoms with Crippen LogP contribution in [-0.4, -0.2) is 11.5 Å². The van der Waals surface area contributed by atoms with Gasteiger partial charge in [0.2, 0.25) is 0 Å². The molecule has 14 heavy (non-hydrogen) atoms. The highest BCUT2D eigenvalue weighted by atomic mass is 32.1. The SMILES string of the molecule is Cc1nc(C(C)(C)C#N)sc1CCN. The van der Waals surface area contributed by atoms with Gasteiger partial charge in [0.05, 0.1) is 11.8 Å². The molecular weight excluding hydrogens is 194 g/mol. The second kappa shape index (κ2) is 4.07. The Morgan fingerprint density at radius 1 is 1.57 bits per heavy atom. The lowest BCUT2D eigenvalue weighted by molar-refractivity contribution is 0.677. The van der Waals surface area contributed by atoms with Gasteiger partial charge in [-0.05, 0) is 33.7 Å². The molecule has 1 heterocycles. The van der Waals surface area contributed by atoms with Crippen molar-refractivity contribution >= 4 is 11.3 Å². The summed E-state index contributed by atoms with van der Waals surface area (Å²) in [6.45, 7) is 6.38. The van der Waals surface area contributed by atoms with Crippen LogP contribution in [0.15, 0.2) is 0 Å². The molecule has 1 aromatic rings. The predicted octanol–water partition coefficient (Wildman–Crippen LogP) is 1.75. The first-order valence-electron chi connectivity index (χ1n) is 4.59. The summed E-state index contributed by atoms with van der Waals surface area (Å²) in [6, 6.07) is 2.26. The molecule has 0 fully saturated rings. The molecule has 76 valence electrons. The quantitative estimate of drug-likeness (QED) is 0.825. The van der Waals surface area contributed by atoms with Crippen molar-refractivity contribution in [3.8, 4) is 6.07 Å². The minimum atomic E-state index is -0.484. The molecule has 0 amide bonds. The summed E-state index contributed by atoms with van der Waals surface area (Å²) in [5.41, 5.74) is 6.02. The van der Waals surface area contributed by atoms with E-state index in [0.717, 1.165) is 17.1 Å². The van der Waals surface area contributed by atoms with E-state index < -0.39 is 5.41 Å². The maximum Gasteiger partial charge on any atom is 0.113 e. The van der Waals surface area contributed by atoms with Crippen molar-refractivity contribution in [2.24, 2.45) is 5.73 Å². The van der Waals surface area contributed by atoms with Crippen molar-refractivity contribution < 1.29 is 0 Å². The Kier molecular flexibility index (Phi) is 3.25. The molecule has 0 unspecified atom stereocenters.